The number of aliphatic hydroxyl groups excluding tert-OH is 1. The van der Waals surface area contributed by atoms with Crippen LogP contribution in [-0.4, -0.2) is 21.2 Å². The molecule has 60 valence electrons. The van der Waals surface area contributed by atoms with E-state index in [0.29, 0.717) is 0 Å². The van der Waals surface area contributed by atoms with Gasteiger partial charge in [-0.3, -0.25) is 0 Å². The number of alkyl halides is 3. The van der Waals surface area contributed by atoms with Gasteiger partial charge in [-0.15, -0.1) is 0 Å². The molecule has 0 fully saturated rings. The third kappa shape index (κ3) is 4.00. The van der Waals surface area contributed by atoms with Crippen molar-refractivity contribution >= 4 is 40.8 Å². The molecule has 0 saturated heterocycles. The Morgan fingerprint density at radius 1 is 1.60 bits per heavy atom. The molecule has 1 atom stereocenters. The van der Waals surface area contributed by atoms with Crippen LogP contribution in [0.15, 0.2) is 0 Å². The minimum absolute atomic E-state index is 0.959. The van der Waals surface area contributed by atoms with Crippen molar-refractivity contribution in [2.45, 2.75) is 10.0 Å². The first-order valence-corrected chi connectivity index (χ1v) is 3.28. The molecular weight excluding hydrogens is 202 g/mol. The number of nitrogens with two attached hydrogens (primary N) is 1. The Hall–Kier alpha value is 0.1000. The molecule has 0 heterocycles. The molecule has 0 aliphatic rings. The zero-order valence-corrected chi connectivity index (χ0v) is 6.91. The number of amides is 2. The van der Waals surface area contributed by atoms with E-state index in [9.17, 15) is 4.79 Å². The molecule has 4 N–H and O–H groups in total. The zero-order chi connectivity index (χ0) is 8.36. The monoisotopic (exact) mass is 206 g/mol. The van der Waals surface area contributed by atoms with Gasteiger partial charge in [0.05, 0.1) is 0 Å². The molecular formula is C3H5Cl3N2O2. The molecule has 0 aliphatic carbocycles. The van der Waals surface area contributed by atoms with Crippen LogP contribution in [0.5, 0.6) is 0 Å². The summed E-state index contributed by atoms with van der Waals surface area (Å²) in [5.41, 5.74) is 4.60. The van der Waals surface area contributed by atoms with Crippen LogP contribution >= 0.6 is 34.8 Å². The maximum Gasteiger partial charge on any atom is 0.314 e. The third-order valence-electron chi connectivity index (χ3n) is 0.589. The van der Waals surface area contributed by atoms with Gasteiger partial charge in [-0.1, -0.05) is 34.8 Å². The number of rotatable bonds is 1. The normalized spacial score (nSPS) is 14.4. The number of carbonyl (C=O) groups is 1. The summed E-state index contributed by atoms with van der Waals surface area (Å²) in [5.74, 6) is 0. The predicted molar refractivity (Wildman–Crippen MR) is 39.0 cm³/mol. The van der Waals surface area contributed by atoms with Gasteiger partial charge in [0.25, 0.3) is 0 Å². The van der Waals surface area contributed by atoms with Gasteiger partial charge in [0.1, 0.15) is 0 Å². The van der Waals surface area contributed by atoms with Gasteiger partial charge in [0.2, 0.25) is 3.79 Å². The number of halogens is 3. The van der Waals surface area contributed by atoms with E-state index in [4.69, 9.17) is 39.9 Å². The second-order valence-electron chi connectivity index (χ2n) is 1.45. The molecule has 0 saturated carbocycles. The number of primary amides is 1. The molecule has 2 amide bonds. The van der Waals surface area contributed by atoms with E-state index < -0.39 is 16.1 Å². The van der Waals surface area contributed by atoms with E-state index in [1.165, 1.54) is 0 Å². The fourth-order valence-electron chi connectivity index (χ4n) is 0.217. The van der Waals surface area contributed by atoms with Gasteiger partial charge in [0, 0.05) is 0 Å². The second-order valence-corrected chi connectivity index (χ2v) is 3.82. The van der Waals surface area contributed by atoms with Crippen molar-refractivity contribution in [3.05, 3.63) is 0 Å². The Bertz CT molecular complexity index is 134. The van der Waals surface area contributed by atoms with Gasteiger partial charge in [-0.25, -0.2) is 4.79 Å². The highest BCUT2D eigenvalue weighted by Crippen LogP contribution is 2.28. The highest BCUT2D eigenvalue weighted by atomic mass is 35.6. The largest absolute Gasteiger partial charge is 0.369 e. The summed E-state index contributed by atoms with van der Waals surface area (Å²) in [6.45, 7) is 0. The zero-order valence-electron chi connectivity index (χ0n) is 4.64. The molecule has 0 rings (SSSR count). The standard InChI is InChI=1S/C3H5Cl3N2O2/c4-3(5,6)1(9)8-2(7)10/h1,9H,(H3,7,8,10)/t1-/m0/s1. The SMILES string of the molecule is NC(=O)N[C@@H](O)C(Cl)(Cl)Cl. The molecule has 0 bridgehead atoms. The van der Waals surface area contributed by atoms with E-state index in [1.807, 2.05) is 0 Å². The molecule has 0 radical (unpaired) electrons. The average Bonchev–Trinajstić information content (AvgIpc) is 1.60. The molecule has 0 spiro atoms. The summed E-state index contributed by atoms with van der Waals surface area (Å²) in [6.07, 6.45) is -1.59. The van der Waals surface area contributed by atoms with Crippen LogP contribution in [0.2, 0.25) is 0 Å². The fourth-order valence-corrected chi connectivity index (χ4v) is 0.380. The number of hydrogen-bond donors (Lipinski definition) is 3. The van der Waals surface area contributed by atoms with Crippen LogP contribution in [0.4, 0.5) is 4.79 Å². The van der Waals surface area contributed by atoms with Crippen LogP contribution in [0.3, 0.4) is 0 Å². The van der Waals surface area contributed by atoms with E-state index in [-0.39, 0.29) is 0 Å². The first-order chi connectivity index (χ1) is 4.34. The van der Waals surface area contributed by atoms with Crippen LogP contribution in [0, 0.1) is 0 Å². The smallest absolute Gasteiger partial charge is 0.314 e. The van der Waals surface area contributed by atoms with E-state index in [2.05, 4.69) is 5.73 Å². The minimum Gasteiger partial charge on any atom is -0.369 e. The van der Waals surface area contributed by atoms with Crippen molar-refractivity contribution < 1.29 is 9.90 Å². The van der Waals surface area contributed by atoms with Gasteiger partial charge >= 0.3 is 6.03 Å². The Labute approximate surface area is 72.2 Å². The molecule has 0 unspecified atom stereocenters. The molecule has 0 aromatic carbocycles. The summed E-state index contributed by atoms with van der Waals surface area (Å²) in [6, 6.07) is -0.959. The summed E-state index contributed by atoms with van der Waals surface area (Å²) in [7, 11) is 0. The second kappa shape index (κ2) is 3.48. The number of hydrogen-bond acceptors (Lipinski definition) is 2. The Balaban J connectivity index is 3.85. The maximum atomic E-state index is 10.0. The topological polar surface area (TPSA) is 75.4 Å². The molecule has 4 nitrogen and oxygen atoms in total. The van der Waals surface area contributed by atoms with Crippen molar-refractivity contribution in [1.82, 2.24) is 5.32 Å². The summed E-state index contributed by atoms with van der Waals surface area (Å²) < 4.78 is -1.95. The molecule has 7 heteroatoms. The Kier molecular flexibility index (Phi) is 3.51. The fraction of sp³-hybridized carbons (Fsp3) is 0.667. The van der Waals surface area contributed by atoms with Gasteiger partial charge in [0.15, 0.2) is 6.23 Å². The molecule has 0 aromatic heterocycles. The number of nitrogens with one attached hydrogen (secondary N) is 1. The summed E-state index contributed by atoms with van der Waals surface area (Å²) in [5, 5.41) is 10.5. The first kappa shape index (κ1) is 10.1. The Morgan fingerprint density at radius 2 is 2.00 bits per heavy atom. The van der Waals surface area contributed by atoms with Crippen molar-refractivity contribution in [2.75, 3.05) is 0 Å². The van der Waals surface area contributed by atoms with Crippen LogP contribution in [0.1, 0.15) is 0 Å². The lowest BCUT2D eigenvalue weighted by Crippen LogP contribution is -2.45. The van der Waals surface area contributed by atoms with Crippen molar-refractivity contribution in [1.29, 1.82) is 0 Å². The van der Waals surface area contributed by atoms with E-state index >= 15 is 0 Å². The summed E-state index contributed by atoms with van der Waals surface area (Å²) >= 11 is 15.4. The predicted octanol–water partition coefficient (Wildman–Crippen LogP) is 0.343. The number of carbonyl (C=O) groups excluding carboxylic acids is 1. The van der Waals surface area contributed by atoms with Gasteiger partial charge in [-0.05, 0) is 0 Å². The highest BCUT2D eigenvalue weighted by Gasteiger charge is 2.31. The highest BCUT2D eigenvalue weighted by molar-refractivity contribution is 6.68. The number of urea groups is 1. The molecule has 0 aliphatic heterocycles. The van der Waals surface area contributed by atoms with Crippen molar-refractivity contribution in [2.24, 2.45) is 5.73 Å². The average molecular weight is 207 g/mol. The Morgan fingerprint density at radius 3 is 2.10 bits per heavy atom. The lowest BCUT2D eigenvalue weighted by atomic mass is 10.6. The quantitative estimate of drug-likeness (QED) is 0.428. The van der Waals surface area contributed by atoms with Crippen LogP contribution < -0.4 is 11.1 Å². The maximum absolute atomic E-state index is 10.0. The van der Waals surface area contributed by atoms with E-state index in [0.717, 1.165) is 0 Å². The first-order valence-electron chi connectivity index (χ1n) is 2.15. The lowest BCUT2D eigenvalue weighted by molar-refractivity contribution is 0.147. The van der Waals surface area contributed by atoms with Crippen LogP contribution in [-0.2, 0) is 0 Å². The molecule has 10 heavy (non-hydrogen) atoms. The van der Waals surface area contributed by atoms with Crippen molar-refractivity contribution in [3.8, 4) is 0 Å². The van der Waals surface area contributed by atoms with Crippen molar-refractivity contribution in [3.63, 3.8) is 0 Å². The number of aliphatic hydroxyl groups is 1. The lowest BCUT2D eigenvalue weighted by Gasteiger charge is -2.18. The minimum atomic E-state index is -1.95. The third-order valence-corrected chi connectivity index (χ3v) is 1.21. The molecule has 0 aromatic rings. The van der Waals surface area contributed by atoms with Gasteiger partial charge in [-0.2, -0.15) is 0 Å². The van der Waals surface area contributed by atoms with Crippen LogP contribution in [0.25, 0.3) is 0 Å². The van der Waals surface area contributed by atoms with Gasteiger partial charge < -0.3 is 16.2 Å². The van der Waals surface area contributed by atoms with E-state index in [1.54, 1.807) is 5.32 Å². The summed E-state index contributed by atoms with van der Waals surface area (Å²) in [4.78, 5) is 10.0.